The molecule has 1 aromatic carbocycles. The van der Waals surface area contributed by atoms with E-state index in [2.05, 4.69) is 5.32 Å². The maximum atomic E-state index is 10.7. The van der Waals surface area contributed by atoms with Gasteiger partial charge in [-0.3, -0.25) is 10.1 Å². The molecule has 0 unspecified atom stereocenters. The third-order valence-corrected chi connectivity index (χ3v) is 3.72. The van der Waals surface area contributed by atoms with Crippen LogP contribution in [-0.4, -0.2) is 24.2 Å². The third kappa shape index (κ3) is 4.01. The van der Waals surface area contributed by atoms with E-state index >= 15 is 0 Å². The van der Waals surface area contributed by atoms with Crippen molar-refractivity contribution in [1.29, 1.82) is 0 Å². The van der Waals surface area contributed by atoms with Crippen molar-refractivity contribution in [1.82, 2.24) is 5.32 Å². The minimum Gasteiger partial charge on any atom is -0.381 e. The Balaban J connectivity index is 1.82. The molecule has 0 spiro atoms. The zero-order valence-electron chi connectivity index (χ0n) is 11.2. The van der Waals surface area contributed by atoms with E-state index in [4.69, 9.17) is 4.74 Å². The Hall–Kier alpha value is -1.46. The summed E-state index contributed by atoms with van der Waals surface area (Å²) in [5, 5.41) is 14.2. The normalized spacial score (nSPS) is 23.2. The van der Waals surface area contributed by atoms with Gasteiger partial charge in [0, 0.05) is 31.8 Å². The molecule has 104 valence electrons. The number of methoxy groups -OCH3 is 1. The Labute approximate surface area is 113 Å². The quantitative estimate of drug-likeness (QED) is 0.656. The van der Waals surface area contributed by atoms with Crippen LogP contribution in [0.15, 0.2) is 24.3 Å². The summed E-state index contributed by atoms with van der Waals surface area (Å²) in [6, 6.07) is 7.30. The number of rotatable bonds is 5. The molecule has 1 fully saturated rings. The summed E-state index contributed by atoms with van der Waals surface area (Å²) in [6.45, 7) is 0.685. The molecule has 1 aromatic rings. The summed E-state index contributed by atoms with van der Waals surface area (Å²) < 4.78 is 5.34. The molecule has 1 saturated carbocycles. The lowest BCUT2D eigenvalue weighted by Gasteiger charge is -2.28. The van der Waals surface area contributed by atoms with Gasteiger partial charge in [-0.25, -0.2) is 0 Å². The standard InChI is InChI=1S/C14H20N2O3/c1-19-14-7-5-12(6-8-14)15-10-11-3-2-4-13(9-11)16(17)18/h2-4,9,12,14-15H,5-8,10H2,1H3. The Morgan fingerprint density at radius 1 is 1.37 bits per heavy atom. The highest BCUT2D eigenvalue weighted by atomic mass is 16.6. The lowest BCUT2D eigenvalue weighted by atomic mass is 9.93. The smallest absolute Gasteiger partial charge is 0.269 e. The fourth-order valence-corrected chi connectivity index (χ4v) is 2.54. The van der Waals surface area contributed by atoms with Crippen LogP contribution in [0, 0.1) is 10.1 Å². The molecule has 0 radical (unpaired) electrons. The Bertz CT molecular complexity index is 428. The minimum absolute atomic E-state index is 0.155. The Kier molecular flexibility index (Phi) is 4.87. The molecule has 0 aromatic heterocycles. The molecule has 0 aliphatic heterocycles. The van der Waals surface area contributed by atoms with Crippen LogP contribution in [0.5, 0.6) is 0 Å². The van der Waals surface area contributed by atoms with Crippen molar-refractivity contribution in [3.05, 3.63) is 39.9 Å². The van der Waals surface area contributed by atoms with E-state index in [1.54, 1.807) is 19.2 Å². The molecule has 1 aliphatic rings. The van der Waals surface area contributed by atoms with Crippen molar-refractivity contribution >= 4 is 5.69 Å². The zero-order chi connectivity index (χ0) is 13.7. The van der Waals surface area contributed by atoms with Gasteiger partial charge in [0.05, 0.1) is 11.0 Å². The highest BCUT2D eigenvalue weighted by molar-refractivity contribution is 5.34. The zero-order valence-corrected chi connectivity index (χ0v) is 11.2. The van der Waals surface area contributed by atoms with Gasteiger partial charge in [-0.05, 0) is 31.2 Å². The Morgan fingerprint density at radius 3 is 2.74 bits per heavy atom. The average molecular weight is 264 g/mol. The molecule has 0 heterocycles. The number of nitro groups is 1. The largest absolute Gasteiger partial charge is 0.381 e. The summed E-state index contributed by atoms with van der Waals surface area (Å²) >= 11 is 0. The van der Waals surface area contributed by atoms with Crippen LogP contribution in [0.4, 0.5) is 5.69 Å². The number of hydrogen-bond acceptors (Lipinski definition) is 4. The Morgan fingerprint density at radius 2 is 2.11 bits per heavy atom. The molecule has 5 heteroatoms. The van der Waals surface area contributed by atoms with Crippen LogP contribution < -0.4 is 5.32 Å². The first-order valence-electron chi connectivity index (χ1n) is 6.68. The molecular formula is C14H20N2O3. The van der Waals surface area contributed by atoms with Crippen LogP contribution in [0.2, 0.25) is 0 Å². The van der Waals surface area contributed by atoms with Gasteiger partial charge < -0.3 is 10.1 Å². The number of ether oxygens (including phenoxy) is 1. The minimum atomic E-state index is -0.354. The van der Waals surface area contributed by atoms with Gasteiger partial charge in [0.2, 0.25) is 0 Å². The van der Waals surface area contributed by atoms with Crippen molar-refractivity contribution in [3.63, 3.8) is 0 Å². The van der Waals surface area contributed by atoms with E-state index < -0.39 is 0 Å². The van der Waals surface area contributed by atoms with Gasteiger partial charge in [0.15, 0.2) is 0 Å². The molecule has 19 heavy (non-hydrogen) atoms. The van der Waals surface area contributed by atoms with Crippen LogP contribution in [-0.2, 0) is 11.3 Å². The lowest BCUT2D eigenvalue weighted by molar-refractivity contribution is -0.384. The molecule has 0 bridgehead atoms. The third-order valence-electron chi connectivity index (χ3n) is 3.72. The van der Waals surface area contributed by atoms with Crippen molar-refractivity contribution in [3.8, 4) is 0 Å². The number of nitro benzene ring substituents is 1. The summed E-state index contributed by atoms with van der Waals surface area (Å²) in [5.41, 5.74) is 1.12. The fraction of sp³-hybridized carbons (Fsp3) is 0.571. The van der Waals surface area contributed by atoms with Crippen LogP contribution in [0.1, 0.15) is 31.2 Å². The first kappa shape index (κ1) is 14.0. The predicted molar refractivity (Wildman–Crippen MR) is 73.0 cm³/mol. The van der Waals surface area contributed by atoms with E-state index in [1.165, 1.54) is 6.07 Å². The summed E-state index contributed by atoms with van der Waals surface area (Å²) in [7, 11) is 1.77. The monoisotopic (exact) mass is 264 g/mol. The summed E-state index contributed by atoms with van der Waals surface area (Å²) in [4.78, 5) is 10.3. The van der Waals surface area contributed by atoms with Gasteiger partial charge in [-0.15, -0.1) is 0 Å². The number of nitrogens with one attached hydrogen (secondary N) is 1. The molecule has 2 rings (SSSR count). The molecule has 0 saturated heterocycles. The van der Waals surface area contributed by atoms with Crippen molar-refractivity contribution < 1.29 is 9.66 Å². The first-order chi connectivity index (χ1) is 9.19. The molecule has 1 N–H and O–H groups in total. The van der Waals surface area contributed by atoms with E-state index in [0.717, 1.165) is 31.2 Å². The second-order valence-electron chi connectivity index (χ2n) is 5.02. The van der Waals surface area contributed by atoms with Crippen molar-refractivity contribution in [2.45, 2.75) is 44.4 Å². The average Bonchev–Trinajstić information content (AvgIpc) is 2.46. The van der Waals surface area contributed by atoms with Crippen LogP contribution in [0.3, 0.4) is 0 Å². The van der Waals surface area contributed by atoms with E-state index in [1.807, 2.05) is 6.07 Å². The molecule has 0 amide bonds. The number of non-ortho nitro benzene ring substituents is 1. The predicted octanol–water partition coefficient (Wildman–Crippen LogP) is 2.64. The SMILES string of the molecule is COC1CCC(NCc2cccc([N+](=O)[O-])c2)CC1. The molecule has 1 aliphatic carbocycles. The number of nitrogens with zero attached hydrogens (tertiary/aromatic N) is 1. The maximum absolute atomic E-state index is 10.7. The second kappa shape index (κ2) is 6.63. The summed E-state index contributed by atoms with van der Waals surface area (Å²) in [5.74, 6) is 0. The highest BCUT2D eigenvalue weighted by Gasteiger charge is 2.20. The molecule has 5 nitrogen and oxygen atoms in total. The molecule has 0 atom stereocenters. The van der Waals surface area contributed by atoms with E-state index in [9.17, 15) is 10.1 Å². The highest BCUT2D eigenvalue weighted by Crippen LogP contribution is 2.21. The molecular weight excluding hydrogens is 244 g/mol. The van der Waals surface area contributed by atoms with Crippen LogP contribution >= 0.6 is 0 Å². The number of benzene rings is 1. The van der Waals surface area contributed by atoms with Crippen molar-refractivity contribution in [2.24, 2.45) is 0 Å². The summed E-state index contributed by atoms with van der Waals surface area (Å²) in [6.07, 6.45) is 4.78. The van der Waals surface area contributed by atoms with Crippen molar-refractivity contribution in [2.75, 3.05) is 7.11 Å². The van der Waals surface area contributed by atoms with Gasteiger partial charge in [-0.1, -0.05) is 12.1 Å². The first-order valence-corrected chi connectivity index (χ1v) is 6.68. The number of hydrogen-bond donors (Lipinski definition) is 1. The van der Waals surface area contributed by atoms with E-state index in [0.29, 0.717) is 18.7 Å². The lowest BCUT2D eigenvalue weighted by Crippen LogP contribution is -2.34. The van der Waals surface area contributed by atoms with Gasteiger partial charge >= 0.3 is 0 Å². The maximum Gasteiger partial charge on any atom is 0.269 e. The van der Waals surface area contributed by atoms with E-state index in [-0.39, 0.29) is 10.6 Å². The van der Waals surface area contributed by atoms with Gasteiger partial charge in [0.1, 0.15) is 0 Å². The second-order valence-corrected chi connectivity index (χ2v) is 5.02. The van der Waals surface area contributed by atoms with Crippen LogP contribution in [0.25, 0.3) is 0 Å². The fourth-order valence-electron chi connectivity index (χ4n) is 2.54. The topological polar surface area (TPSA) is 64.4 Å². The van der Waals surface area contributed by atoms with Gasteiger partial charge in [-0.2, -0.15) is 0 Å². The van der Waals surface area contributed by atoms with Gasteiger partial charge in [0.25, 0.3) is 5.69 Å².